The zero-order valence-electron chi connectivity index (χ0n) is 8.09. The van der Waals surface area contributed by atoms with Crippen LogP contribution < -0.4 is 0 Å². The molecule has 0 radical (unpaired) electrons. The predicted octanol–water partition coefficient (Wildman–Crippen LogP) is 1.46. The molecule has 7 heteroatoms. The van der Waals surface area contributed by atoms with Gasteiger partial charge in [-0.2, -0.15) is 8.42 Å². The fourth-order valence-corrected chi connectivity index (χ4v) is 1.92. The Labute approximate surface area is 86.4 Å². The van der Waals surface area contributed by atoms with Crippen molar-refractivity contribution in [1.29, 1.82) is 0 Å². The lowest BCUT2D eigenvalue weighted by Crippen LogP contribution is -2.05. The molecule has 0 saturated carbocycles. The van der Waals surface area contributed by atoms with Gasteiger partial charge in [-0.05, 0) is 25.5 Å². The van der Waals surface area contributed by atoms with Crippen molar-refractivity contribution >= 4 is 15.8 Å². The maximum atomic E-state index is 10.9. The maximum absolute atomic E-state index is 10.9. The average molecular weight is 231 g/mol. The number of nitro benzene ring substituents is 1. The molecule has 0 aromatic heterocycles. The number of nitro groups is 1. The first-order valence-corrected chi connectivity index (χ1v) is 5.41. The highest BCUT2D eigenvalue weighted by molar-refractivity contribution is 7.86. The van der Waals surface area contributed by atoms with Crippen LogP contribution in [0.1, 0.15) is 11.1 Å². The largest absolute Gasteiger partial charge is 0.301 e. The monoisotopic (exact) mass is 231 g/mol. The Balaban J connectivity index is 3.70. The minimum Gasteiger partial charge on any atom is -0.282 e. The molecule has 0 atom stereocenters. The van der Waals surface area contributed by atoms with E-state index in [1.54, 1.807) is 6.92 Å². The molecule has 1 rings (SSSR count). The summed E-state index contributed by atoms with van der Waals surface area (Å²) in [5.41, 5.74) is 0.252. The number of nitrogens with zero attached hydrogens (tertiary/aromatic N) is 1. The molecule has 0 unspecified atom stereocenters. The highest BCUT2D eigenvalue weighted by atomic mass is 32.2. The summed E-state index contributed by atoms with van der Waals surface area (Å²) in [6, 6.07) is 2.43. The molecule has 0 amide bonds. The molecule has 1 aromatic carbocycles. The molecule has 0 fully saturated rings. The molecule has 82 valence electrons. The van der Waals surface area contributed by atoms with E-state index in [1.165, 1.54) is 13.0 Å². The number of aryl methyl sites for hydroxylation is 1. The lowest BCUT2D eigenvalue weighted by Gasteiger charge is -2.04. The highest BCUT2D eigenvalue weighted by Crippen LogP contribution is 2.29. The van der Waals surface area contributed by atoms with Crippen molar-refractivity contribution in [1.82, 2.24) is 0 Å². The van der Waals surface area contributed by atoms with E-state index >= 15 is 0 Å². The van der Waals surface area contributed by atoms with Gasteiger partial charge in [-0.3, -0.25) is 14.7 Å². The fraction of sp³-hybridized carbons (Fsp3) is 0.250. The highest BCUT2D eigenvalue weighted by Gasteiger charge is 2.26. The Morgan fingerprint density at radius 3 is 2.27 bits per heavy atom. The summed E-state index contributed by atoms with van der Waals surface area (Å²) in [6.07, 6.45) is 0. The molecule has 15 heavy (non-hydrogen) atoms. The molecule has 0 aliphatic rings. The predicted molar refractivity (Wildman–Crippen MR) is 52.4 cm³/mol. The molecule has 6 nitrogen and oxygen atoms in total. The number of benzene rings is 1. The lowest BCUT2D eigenvalue weighted by atomic mass is 10.1. The van der Waals surface area contributed by atoms with Crippen molar-refractivity contribution in [2.24, 2.45) is 0 Å². The van der Waals surface area contributed by atoms with E-state index in [9.17, 15) is 18.5 Å². The molecular weight excluding hydrogens is 222 g/mol. The Morgan fingerprint density at radius 1 is 1.33 bits per heavy atom. The Hall–Kier alpha value is -1.47. The normalized spacial score (nSPS) is 11.4. The number of hydrogen-bond acceptors (Lipinski definition) is 4. The fourth-order valence-electron chi connectivity index (χ4n) is 1.21. The first-order valence-electron chi connectivity index (χ1n) is 3.97. The van der Waals surface area contributed by atoms with Gasteiger partial charge in [0, 0.05) is 5.56 Å². The summed E-state index contributed by atoms with van der Waals surface area (Å²) in [4.78, 5) is 9.19. The quantitative estimate of drug-likeness (QED) is 0.472. The van der Waals surface area contributed by atoms with Gasteiger partial charge in [0.05, 0.1) is 4.92 Å². The second-order valence-electron chi connectivity index (χ2n) is 3.09. The van der Waals surface area contributed by atoms with Crippen LogP contribution in [0.5, 0.6) is 0 Å². The van der Waals surface area contributed by atoms with Gasteiger partial charge in [0.1, 0.15) is 0 Å². The Kier molecular flexibility index (Phi) is 2.78. The molecule has 0 bridgehead atoms. The van der Waals surface area contributed by atoms with Crippen LogP contribution in [0.4, 0.5) is 5.69 Å². The van der Waals surface area contributed by atoms with Crippen LogP contribution in [0.3, 0.4) is 0 Å². The minimum atomic E-state index is -4.56. The molecular formula is C8H9NO5S. The smallest absolute Gasteiger partial charge is 0.282 e. The summed E-state index contributed by atoms with van der Waals surface area (Å²) in [5, 5.41) is 10.7. The second-order valence-corrected chi connectivity index (χ2v) is 4.48. The average Bonchev–Trinajstić information content (AvgIpc) is 2.06. The van der Waals surface area contributed by atoms with Crippen LogP contribution in [0.15, 0.2) is 17.0 Å². The Bertz CT molecular complexity index is 520. The molecule has 0 aliphatic heterocycles. The molecule has 1 N–H and O–H groups in total. The van der Waals surface area contributed by atoms with Gasteiger partial charge in [-0.1, -0.05) is 6.07 Å². The third-order valence-electron chi connectivity index (χ3n) is 2.13. The minimum absolute atomic E-state index is 0.232. The summed E-state index contributed by atoms with van der Waals surface area (Å²) in [7, 11) is -4.56. The van der Waals surface area contributed by atoms with Crippen molar-refractivity contribution in [3.8, 4) is 0 Å². The van der Waals surface area contributed by atoms with Crippen molar-refractivity contribution in [3.05, 3.63) is 33.4 Å². The summed E-state index contributed by atoms with van der Waals surface area (Å²) in [6.45, 7) is 3.05. The van der Waals surface area contributed by atoms with Crippen LogP contribution >= 0.6 is 0 Å². The van der Waals surface area contributed by atoms with Crippen LogP contribution in [0.2, 0.25) is 0 Å². The molecule has 0 spiro atoms. The van der Waals surface area contributed by atoms with Crippen molar-refractivity contribution in [2.75, 3.05) is 0 Å². The first kappa shape index (κ1) is 11.6. The first-order chi connectivity index (χ1) is 6.75. The molecule has 0 aliphatic carbocycles. The summed E-state index contributed by atoms with van der Waals surface area (Å²) in [5.74, 6) is 0. The van der Waals surface area contributed by atoms with Gasteiger partial charge in [-0.25, -0.2) is 0 Å². The Morgan fingerprint density at radius 2 is 1.87 bits per heavy atom. The topological polar surface area (TPSA) is 97.5 Å². The second kappa shape index (κ2) is 3.59. The van der Waals surface area contributed by atoms with Crippen molar-refractivity contribution in [3.63, 3.8) is 0 Å². The van der Waals surface area contributed by atoms with E-state index < -0.39 is 25.6 Å². The number of rotatable bonds is 2. The van der Waals surface area contributed by atoms with Crippen molar-refractivity contribution < 1.29 is 17.9 Å². The van der Waals surface area contributed by atoms with Gasteiger partial charge in [-0.15, -0.1) is 0 Å². The third-order valence-corrected chi connectivity index (χ3v) is 3.01. The van der Waals surface area contributed by atoms with E-state index in [1.807, 2.05) is 0 Å². The van der Waals surface area contributed by atoms with Gasteiger partial charge in [0.15, 0.2) is 4.90 Å². The van der Waals surface area contributed by atoms with Gasteiger partial charge < -0.3 is 0 Å². The molecule has 1 aromatic rings. The third kappa shape index (κ3) is 2.13. The van der Waals surface area contributed by atoms with Crippen LogP contribution in [0, 0.1) is 24.0 Å². The lowest BCUT2D eigenvalue weighted by molar-refractivity contribution is -0.388. The summed E-state index contributed by atoms with van der Waals surface area (Å²) < 4.78 is 30.5. The van der Waals surface area contributed by atoms with Crippen LogP contribution in [-0.2, 0) is 10.1 Å². The summed E-state index contributed by atoms with van der Waals surface area (Å²) >= 11 is 0. The standard InChI is InChI=1S/C8H9NO5S/c1-5-3-4-7(15(12,13)14)8(6(5)2)9(10)11/h3-4H,1-2H3,(H,12,13,14). The van der Waals surface area contributed by atoms with Crippen LogP contribution in [0.25, 0.3) is 0 Å². The zero-order valence-corrected chi connectivity index (χ0v) is 8.91. The van der Waals surface area contributed by atoms with Gasteiger partial charge >= 0.3 is 10.1 Å². The van der Waals surface area contributed by atoms with E-state index in [4.69, 9.17) is 4.55 Å². The van der Waals surface area contributed by atoms with E-state index in [0.717, 1.165) is 6.07 Å². The number of hydrogen-bond donors (Lipinski definition) is 1. The maximum Gasteiger partial charge on any atom is 0.301 e. The SMILES string of the molecule is Cc1ccc(S(=O)(=O)O)c([N+](=O)[O-])c1C. The molecule has 0 heterocycles. The van der Waals surface area contributed by atoms with Crippen LogP contribution in [-0.4, -0.2) is 17.9 Å². The van der Waals surface area contributed by atoms with E-state index in [2.05, 4.69) is 0 Å². The zero-order chi connectivity index (χ0) is 11.8. The van der Waals surface area contributed by atoms with Gasteiger partial charge in [0.25, 0.3) is 5.69 Å². The van der Waals surface area contributed by atoms with E-state index in [-0.39, 0.29) is 5.56 Å². The van der Waals surface area contributed by atoms with Crippen molar-refractivity contribution in [2.45, 2.75) is 18.7 Å². The van der Waals surface area contributed by atoms with E-state index in [0.29, 0.717) is 5.56 Å². The molecule has 0 saturated heterocycles. The van der Waals surface area contributed by atoms with Gasteiger partial charge in [0.2, 0.25) is 0 Å².